The van der Waals surface area contributed by atoms with E-state index in [0.717, 1.165) is 16.9 Å². The van der Waals surface area contributed by atoms with E-state index in [0.29, 0.717) is 11.6 Å². The average Bonchev–Trinajstić information content (AvgIpc) is 2.82. The summed E-state index contributed by atoms with van der Waals surface area (Å²) in [5.41, 5.74) is 1.94. The monoisotopic (exact) mass is 289 g/mol. The highest BCUT2D eigenvalue weighted by Crippen LogP contribution is 2.31. The smallest absolute Gasteiger partial charge is 0.363 e. The molecule has 0 aliphatic carbocycles. The molecule has 5 nitrogen and oxygen atoms in total. The van der Waals surface area contributed by atoms with Gasteiger partial charge >= 0.3 is 5.97 Å². The Hall–Kier alpha value is -2.30. The topological polar surface area (TPSA) is 57.1 Å². The van der Waals surface area contributed by atoms with Gasteiger partial charge in [0.25, 0.3) is 0 Å². The Bertz CT molecular complexity index is 629. The summed E-state index contributed by atoms with van der Waals surface area (Å²) in [6.45, 7) is 5.77. The first-order chi connectivity index (χ1) is 9.96. The molecule has 0 saturated heterocycles. The quantitative estimate of drug-likeness (QED) is 0.631. The van der Waals surface area contributed by atoms with Crippen molar-refractivity contribution >= 4 is 17.9 Å². The van der Waals surface area contributed by atoms with E-state index >= 15 is 0 Å². The number of benzene rings is 1. The molecule has 0 radical (unpaired) electrons. The minimum Gasteiger partial charge on any atom is -0.496 e. The van der Waals surface area contributed by atoms with Crippen molar-refractivity contribution in [3.05, 3.63) is 29.0 Å². The fraction of sp³-hybridized carbons (Fsp3) is 0.375. The van der Waals surface area contributed by atoms with E-state index < -0.39 is 5.97 Å². The minimum absolute atomic E-state index is 0.0642. The van der Waals surface area contributed by atoms with E-state index in [1.165, 1.54) is 0 Å². The molecule has 112 valence electrons. The first-order valence-electron chi connectivity index (χ1n) is 6.71. The fourth-order valence-electron chi connectivity index (χ4n) is 2.01. The maximum atomic E-state index is 11.8. The second-order valence-corrected chi connectivity index (χ2v) is 5.09. The van der Waals surface area contributed by atoms with Crippen molar-refractivity contribution in [3.63, 3.8) is 0 Å². The van der Waals surface area contributed by atoms with Gasteiger partial charge in [0.2, 0.25) is 5.90 Å². The predicted octanol–water partition coefficient (Wildman–Crippen LogP) is 2.96. The molecule has 0 saturated carbocycles. The van der Waals surface area contributed by atoms with Crippen LogP contribution in [0.3, 0.4) is 0 Å². The van der Waals surface area contributed by atoms with Crippen LogP contribution in [0.15, 0.2) is 22.8 Å². The summed E-state index contributed by atoms with van der Waals surface area (Å²) in [5, 5.41) is 0. The molecule has 0 bridgehead atoms. The first-order valence-corrected chi connectivity index (χ1v) is 6.71. The van der Waals surface area contributed by atoms with Gasteiger partial charge in [-0.15, -0.1) is 0 Å². The molecule has 2 rings (SSSR count). The van der Waals surface area contributed by atoms with Crippen molar-refractivity contribution in [1.29, 1.82) is 0 Å². The van der Waals surface area contributed by atoms with E-state index in [4.69, 9.17) is 14.2 Å². The molecule has 1 heterocycles. The van der Waals surface area contributed by atoms with Crippen LogP contribution in [0.1, 0.15) is 25.0 Å². The van der Waals surface area contributed by atoms with Gasteiger partial charge in [0, 0.05) is 11.5 Å². The summed E-state index contributed by atoms with van der Waals surface area (Å²) < 4.78 is 15.8. The minimum atomic E-state index is -0.444. The van der Waals surface area contributed by atoms with E-state index in [1.807, 2.05) is 32.9 Å². The van der Waals surface area contributed by atoms with Crippen LogP contribution < -0.4 is 9.47 Å². The molecule has 1 aromatic rings. The number of carbonyl (C=O) groups excluding carboxylic acids is 1. The number of hydrogen-bond acceptors (Lipinski definition) is 5. The Labute approximate surface area is 124 Å². The van der Waals surface area contributed by atoms with Gasteiger partial charge in [-0.25, -0.2) is 9.79 Å². The zero-order chi connectivity index (χ0) is 15.6. The van der Waals surface area contributed by atoms with E-state index in [9.17, 15) is 4.79 Å². The fourth-order valence-corrected chi connectivity index (χ4v) is 2.01. The second kappa shape index (κ2) is 5.99. The number of cyclic esters (lactones) is 1. The number of aryl methyl sites for hydroxylation is 1. The Morgan fingerprint density at radius 2 is 1.86 bits per heavy atom. The Morgan fingerprint density at radius 3 is 2.38 bits per heavy atom. The highest BCUT2D eigenvalue weighted by Gasteiger charge is 2.25. The van der Waals surface area contributed by atoms with Crippen LogP contribution in [-0.4, -0.2) is 26.1 Å². The van der Waals surface area contributed by atoms with Crippen LogP contribution in [0.4, 0.5) is 0 Å². The molecule has 0 atom stereocenters. The number of ether oxygens (including phenoxy) is 3. The summed E-state index contributed by atoms with van der Waals surface area (Å²) >= 11 is 0. The van der Waals surface area contributed by atoms with Gasteiger partial charge in [-0.3, -0.25) is 0 Å². The van der Waals surface area contributed by atoms with E-state index in [-0.39, 0.29) is 11.6 Å². The van der Waals surface area contributed by atoms with Crippen molar-refractivity contribution < 1.29 is 19.0 Å². The van der Waals surface area contributed by atoms with Crippen molar-refractivity contribution in [2.24, 2.45) is 10.9 Å². The van der Waals surface area contributed by atoms with E-state index in [1.54, 1.807) is 20.3 Å². The lowest BCUT2D eigenvalue weighted by atomic mass is 10.1. The average molecular weight is 289 g/mol. The third kappa shape index (κ3) is 3.07. The number of aliphatic imine (C=N–C) groups is 1. The van der Waals surface area contributed by atoms with Crippen molar-refractivity contribution in [1.82, 2.24) is 0 Å². The molecular weight excluding hydrogens is 270 g/mol. The molecule has 21 heavy (non-hydrogen) atoms. The summed E-state index contributed by atoms with van der Waals surface area (Å²) in [5.74, 6) is 1.43. The van der Waals surface area contributed by atoms with Gasteiger partial charge < -0.3 is 14.2 Å². The first kappa shape index (κ1) is 15.1. The van der Waals surface area contributed by atoms with Crippen LogP contribution in [0.25, 0.3) is 6.08 Å². The summed E-state index contributed by atoms with van der Waals surface area (Å²) in [4.78, 5) is 16.1. The number of hydrogen-bond donors (Lipinski definition) is 0. The van der Waals surface area contributed by atoms with Crippen LogP contribution in [0.5, 0.6) is 11.5 Å². The highest BCUT2D eigenvalue weighted by molar-refractivity contribution is 6.07. The summed E-state index contributed by atoms with van der Waals surface area (Å²) in [6.07, 6.45) is 1.65. The molecule has 0 unspecified atom stereocenters. The highest BCUT2D eigenvalue weighted by atomic mass is 16.6. The van der Waals surface area contributed by atoms with Gasteiger partial charge in [-0.1, -0.05) is 13.8 Å². The lowest BCUT2D eigenvalue weighted by Gasteiger charge is -2.10. The van der Waals surface area contributed by atoms with Crippen LogP contribution in [-0.2, 0) is 9.53 Å². The molecule has 0 aromatic heterocycles. The van der Waals surface area contributed by atoms with Crippen LogP contribution in [0.2, 0.25) is 0 Å². The lowest BCUT2D eigenvalue weighted by molar-refractivity contribution is -0.130. The van der Waals surface area contributed by atoms with Gasteiger partial charge in [-0.05, 0) is 30.7 Å². The Balaban J connectivity index is 2.47. The van der Waals surface area contributed by atoms with Gasteiger partial charge in [0.15, 0.2) is 5.70 Å². The lowest BCUT2D eigenvalue weighted by Crippen LogP contribution is -2.09. The summed E-state index contributed by atoms with van der Waals surface area (Å²) in [7, 11) is 3.18. The molecule has 1 aromatic carbocycles. The number of carbonyl (C=O) groups is 1. The molecule has 5 heteroatoms. The maximum absolute atomic E-state index is 11.8. The molecule has 0 amide bonds. The summed E-state index contributed by atoms with van der Waals surface area (Å²) in [6, 6.07) is 3.68. The number of methoxy groups -OCH3 is 2. The third-order valence-electron chi connectivity index (χ3n) is 3.17. The Kier molecular flexibility index (Phi) is 4.31. The molecule has 1 aliphatic rings. The number of rotatable bonds is 4. The van der Waals surface area contributed by atoms with E-state index in [2.05, 4.69) is 4.99 Å². The normalized spacial score (nSPS) is 16.2. The molecule has 0 fully saturated rings. The predicted molar refractivity (Wildman–Crippen MR) is 80.6 cm³/mol. The van der Waals surface area contributed by atoms with Crippen LogP contribution >= 0.6 is 0 Å². The molecule has 0 N–H and O–H groups in total. The zero-order valence-electron chi connectivity index (χ0n) is 12.9. The maximum Gasteiger partial charge on any atom is 0.363 e. The second-order valence-electron chi connectivity index (χ2n) is 5.09. The zero-order valence-corrected chi connectivity index (χ0v) is 12.9. The third-order valence-corrected chi connectivity index (χ3v) is 3.17. The van der Waals surface area contributed by atoms with Gasteiger partial charge in [0.1, 0.15) is 11.5 Å². The van der Waals surface area contributed by atoms with Gasteiger partial charge in [0.05, 0.1) is 14.2 Å². The SMILES string of the molecule is COc1cc(/C=C2/N=C(C(C)C)OC2=O)c(OC)cc1C. The standard InChI is InChI=1S/C16H19NO4/c1-9(2)15-17-12(16(18)21-15)7-11-8-13(19-4)10(3)6-14(11)20-5/h6-9H,1-5H3/b12-7+. The largest absolute Gasteiger partial charge is 0.496 e. The van der Waals surface area contributed by atoms with Crippen molar-refractivity contribution in [2.75, 3.05) is 14.2 Å². The number of nitrogens with zero attached hydrogens (tertiary/aromatic N) is 1. The van der Waals surface area contributed by atoms with Crippen molar-refractivity contribution in [2.45, 2.75) is 20.8 Å². The molecule has 1 aliphatic heterocycles. The number of esters is 1. The molecule has 0 spiro atoms. The molecular formula is C16H19NO4. The van der Waals surface area contributed by atoms with Gasteiger partial charge in [-0.2, -0.15) is 0 Å². The van der Waals surface area contributed by atoms with Crippen molar-refractivity contribution in [3.8, 4) is 11.5 Å². The van der Waals surface area contributed by atoms with Crippen LogP contribution in [0, 0.1) is 12.8 Å². The Morgan fingerprint density at radius 1 is 1.19 bits per heavy atom.